The molecule has 1 saturated heterocycles. The van der Waals surface area contributed by atoms with Crippen molar-refractivity contribution < 1.29 is 22.7 Å². The van der Waals surface area contributed by atoms with Gasteiger partial charge in [-0.15, -0.1) is 11.3 Å². The summed E-state index contributed by atoms with van der Waals surface area (Å²) in [4.78, 5) is 12.3. The molecule has 1 atom stereocenters. The van der Waals surface area contributed by atoms with Crippen LogP contribution in [0.3, 0.4) is 0 Å². The number of nitrogens with zero attached hydrogens (tertiary/aromatic N) is 2. The van der Waals surface area contributed by atoms with E-state index in [9.17, 15) is 13.2 Å². The number of carbonyl (C=O) groups is 1. The van der Waals surface area contributed by atoms with Crippen LogP contribution in [-0.2, 0) is 32.6 Å². The molecule has 1 unspecified atom stereocenters. The average Bonchev–Trinajstić information content (AvgIpc) is 3.64. The summed E-state index contributed by atoms with van der Waals surface area (Å²) < 4.78 is 41.6. The van der Waals surface area contributed by atoms with Crippen LogP contribution in [0.1, 0.15) is 17.5 Å². The van der Waals surface area contributed by atoms with Gasteiger partial charge in [-0.05, 0) is 41.8 Å². The largest absolute Gasteiger partial charge is 0.496 e. The lowest BCUT2D eigenvalue weighted by Crippen LogP contribution is -2.30. The molecule has 0 saturated carbocycles. The van der Waals surface area contributed by atoms with Crippen LogP contribution in [0.5, 0.6) is 5.75 Å². The molecule has 1 amide bonds. The number of carbonyl (C=O) groups excluding carboxylic acids is 1. The summed E-state index contributed by atoms with van der Waals surface area (Å²) in [5, 5.41) is 8.14. The van der Waals surface area contributed by atoms with E-state index in [0.29, 0.717) is 47.3 Å². The number of aromatic nitrogens is 2. The van der Waals surface area contributed by atoms with Gasteiger partial charge in [-0.1, -0.05) is 41.9 Å². The van der Waals surface area contributed by atoms with Crippen molar-refractivity contribution in [3.63, 3.8) is 0 Å². The van der Waals surface area contributed by atoms with Crippen LogP contribution in [0.4, 0.5) is 5.82 Å². The second-order valence-corrected chi connectivity index (χ2v) is 12.2. The van der Waals surface area contributed by atoms with Gasteiger partial charge >= 0.3 is 0 Å². The molecule has 0 aliphatic carbocycles. The third kappa shape index (κ3) is 5.59. The first kappa shape index (κ1) is 25.5. The van der Waals surface area contributed by atoms with E-state index in [4.69, 9.17) is 21.1 Å². The molecule has 194 valence electrons. The standard InChI is InChI=1S/C25H25ClN4O5S2/c1-34-20-7-3-6-19-23(20)24(29-37(32,33)22-9-8-21(26)36-22)28-30(19)14-17-5-2-4-16(12-17)13-27-25(31)18-10-11-35-15-18/h2-9,12,18H,10-11,13-15H2,1H3,(H,27,31)(H,28,29). The average molecular weight is 561 g/mol. The van der Waals surface area contributed by atoms with Gasteiger partial charge < -0.3 is 14.8 Å². The van der Waals surface area contributed by atoms with Crippen molar-refractivity contribution in [1.29, 1.82) is 0 Å². The quantitative estimate of drug-likeness (QED) is 0.316. The van der Waals surface area contributed by atoms with Gasteiger partial charge in [0.25, 0.3) is 10.0 Å². The third-order valence-electron chi connectivity index (χ3n) is 6.10. The van der Waals surface area contributed by atoms with Gasteiger partial charge in [-0.2, -0.15) is 5.10 Å². The summed E-state index contributed by atoms with van der Waals surface area (Å²) in [6.45, 7) is 1.88. The van der Waals surface area contributed by atoms with Crippen molar-refractivity contribution in [3.05, 3.63) is 70.1 Å². The zero-order valence-electron chi connectivity index (χ0n) is 19.9. The van der Waals surface area contributed by atoms with E-state index in [-0.39, 0.29) is 21.9 Å². The van der Waals surface area contributed by atoms with Crippen LogP contribution < -0.4 is 14.8 Å². The smallest absolute Gasteiger partial charge is 0.272 e. The molecular formula is C25H25ClN4O5S2. The number of halogens is 1. The molecule has 5 rings (SSSR count). The molecule has 3 heterocycles. The molecule has 0 radical (unpaired) electrons. The van der Waals surface area contributed by atoms with Crippen molar-refractivity contribution in [1.82, 2.24) is 15.1 Å². The van der Waals surface area contributed by atoms with Gasteiger partial charge in [0.15, 0.2) is 5.82 Å². The fourth-order valence-corrected chi connectivity index (χ4v) is 6.76. The summed E-state index contributed by atoms with van der Waals surface area (Å²) in [5.74, 6) is 0.565. The second-order valence-electron chi connectivity index (χ2n) is 8.62. The normalized spacial score (nSPS) is 15.7. The van der Waals surface area contributed by atoms with Crippen molar-refractivity contribution in [3.8, 4) is 5.75 Å². The number of thiophene rings is 1. The molecule has 4 aromatic rings. The van der Waals surface area contributed by atoms with E-state index < -0.39 is 10.0 Å². The summed E-state index contributed by atoms with van der Waals surface area (Å²) in [5.41, 5.74) is 2.61. The molecular weight excluding hydrogens is 536 g/mol. The highest BCUT2D eigenvalue weighted by atomic mass is 35.5. The van der Waals surface area contributed by atoms with Gasteiger partial charge in [0.1, 0.15) is 9.96 Å². The van der Waals surface area contributed by atoms with Gasteiger partial charge in [0.2, 0.25) is 5.91 Å². The van der Waals surface area contributed by atoms with Crippen molar-refractivity contribution in [2.45, 2.75) is 23.7 Å². The number of sulfonamides is 1. The van der Waals surface area contributed by atoms with Crippen LogP contribution >= 0.6 is 22.9 Å². The van der Waals surface area contributed by atoms with Gasteiger partial charge in [0, 0.05) is 13.2 Å². The van der Waals surface area contributed by atoms with Crippen LogP contribution in [0.25, 0.3) is 10.9 Å². The molecule has 0 bridgehead atoms. The van der Waals surface area contributed by atoms with Crippen LogP contribution in [0, 0.1) is 5.92 Å². The van der Waals surface area contributed by atoms with E-state index in [1.165, 1.54) is 19.2 Å². The summed E-state index contributed by atoms with van der Waals surface area (Å²) in [6.07, 6.45) is 0.743. The zero-order valence-corrected chi connectivity index (χ0v) is 22.3. The maximum Gasteiger partial charge on any atom is 0.272 e. The molecule has 2 aromatic heterocycles. The fourth-order valence-electron chi connectivity index (χ4n) is 4.26. The Morgan fingerprint density at radius 1 is 1.22 bits per heavy atom. The Kier molecular flexibility index (Phi) is 7.38. The van der Waals surface area contributed by atoms with Gasteiger partial charge in [0.05, 0.1) is 41.4 Å². The molecule has 2 N–H and O–H groups in total. The molecule has 37 heavy (non-hydrogen) atoms. The molecule has 1 fully saturated rings. The molecule has 9 nitrogen and oxygen atoms in total. The summed E-state index contributed by atoms with van der Waals surface area (Å²) in [6, 6.07) is 16.3. The van der Waals surface area contributed by atoms with E-state index in [1.54, 1.807) is 10.7 Å². The highest BCUT2D eigenvalue weighted by Crippen LogP contribution is 2.35. The Morgan fingerprint density at radius 3 is 2.76 bits per heavy atom. The first-order chi connectivity index (χ1) is 17.8. The number of rotatable bonds is 9. The van der Waals surface area contributed by atoms with Crippen molar-refractivity contribution >= 4 is 55.6 Å². The van der Waals surface area contributed by atoms with E-state index in [1.807, 2.05) is 36.4 Å². The number of amides is 1. The van der Waals surface area contributed by atoms with Crippen LogP contribution in [0.2, 0.25) is 4.34 Å². The number of nitrogens with one attached hydrogen (secondary N) is 2. The maximum atomic E-state index is 13.0. The highest BCUT2D eigenvalue weighted by molar-refractivity contribution is 7.94. The number of anilines is 1. The zero-order chi connectivity index (χ0) is 26.0. The predicted molar refractivity (Wildman–Crippen MR) is 143 cm³/mol. The van der Waals surface area contributed by atoms with Gasteiger partial charge in [-0.25, -0.2) is 8.42 Å². The highest BCUT2D eigenvalue weighted by Gasteiger charge is 2.24. The summed E-state index contributed by atoms with van der Waals surface area (Å²) in [7, 11) is -2.37. The van der Waals surface area contributed by atoms with Gasteiger partial charge in [-0.3, -0.25) is 14.2 Å². The first-order valence-corrected chi connectivity index (χ1v) is 14.3. The topological polar surface area (TPSA) is 112 Å². The SMILES string of the molecule is COc1cccc2c1c(NS(=O)(=O)c1ccc(Cl)s1)nn2Cc1cccc(CNC(=O)C2CCOC2)c1. The Bertz CT molecular complexity index is 1540. The van der Waals surface area contributed by atoms with Crippen LogP contribution in [0.15, 0.2) is 58.8 Å². The predicted octanol–water partition coefficient (Wildman–Crippen LogP) is 4.26. The Labute approximate surface area is 223 Å². The second kappa shape index (κ2) is 10.7. The lowest BCUT2D eigenvalue weighted by Gasteiger charge is -2.11. The van der Waals surface area contributed by atoms with Crippen LogP contribution in [-0.4, -0.2) is 44.4 Å². The molecule has 1 aliphatic rings. The number of hydrogen-bond acceptors (Lipinski definition) is 7. The molecule has 0 spiro atoms. The number of benzene rings is 2. The number of methoxy groups -OCH3 is 1. The van der Waals surface area contributed by atoms with E-state index in [2.05, 4.69) is 15.1 Å². The Balaban J connectivity index is 1.41. The first-order valence-electron chi connectivity index (χ1n) is 11.6. The summed E-state index contributed by atoms with van der Waals surface area (Å²) >= 11 is 6.92. The lowest BCUT2D eigenvalue weighted by atomic mass is 10.1. The lowest BCUT2D eigenvalue weighted by molar-refractivity contribution is -0.125. The van der Waals surface area contributed by atoms with Crippen molar-refractivity contribution in [2.24, 2.45) is 5.92 Å². The fraction of sp³-hybridized carbons (Fsp3) is 0.280. The maximum absolute atomic E-state index is 13.0. The monoisotopic (exact) mass is 560 g/mol. The molecule has 12 heteroatoms. The number of fused-ring (bicyclic) bond motifs is 1. The minimum Gasteiger partial charge on any atom is -0.496 e. The minimum absolute atomic E-state index is 0.00276. The number of ether oxygens (including phenoxy) is 2. The molecule has 2 aromatic carbocycles. The van der Waals surface area contributed by atoms with E-state index in [0.717, 1.165) is 28.9 Å². The Hall–Kier alpha value is -3.12. The third-order valence-corrected chi connectivity index (χ3v) is 9.16. The van der Waals surface area contributed by atoms with E-state index >= 15 is 0 Å². The Morgan fingerprint density at radius 2 is 2.03 bits per heavy atom. The van der Waals surface area contributed by atoms with Crippen molar-refractivity contribution in [2.75, 3.05) is 25.0 Å². The minimum atomic E-state index is -3.89. The number of hydrogen-bond donors (Lipinski definition) is 2. The molecule has 1 aliphatic heterocycles.